The van der Waals surface area contributed by atoms with Crippen LogP contribution in [0.1, 0.15) is 0 Å². The van der Waals surface area contributed by atoms with Gasteiger partial charge in [0.15, 0.2) is 0 Å². The van der Waals surface area contributed by atoms with Gasteiger partial charge in [-0.3, -0.25) is 9.59 Å². The van der Waals surface area contributed by atoms with Gasteiger partial charge in [0.2, 0.25) is 5.91 Å². The maximum absolute atomic E-state index is 11.4. The lowest BCUT2D eigenvalue weighted by molar-refractivity contribution is -0.115. The molecule has 5 heteroatoms. The second-order valence-electron chi connectivity index (χ2n) is 2.76. The van der Waals surface area contributed by atoms with Gasteiger partial charge in [0.25, 0.3) is 5.24 Å². The van der Waals surface area contributed by atoms with Crippen molar-refractivity contribution in [2.24, 2.45) is 0 Å². The number of hydrogen-bond acceptors (Lipinski definition) is 3. The zero-order valence-electron chi connectivity index (χ0n) is 7.07. The molecule has 1 saturated heterocycles. The van der Waals surface area contributed by atoms with E-state index in [0.29, 0.717) is 5.69 Å². The van der Waals surface area contributed by atoms with E-state index < -0.39 is 0 Å². The Hall–Kier alpha value is -0.560. The van der Waals surface area contributed by atoms with Crippen LogP contribution in [0.4, 0.5) is 10.5 Å². The van der Waals surface area contributed by atoms with Crippen molar-refractivity contribution in [3.8, 4) is 0 Å². The van der Waals surface area contributed by atoms with Crippen LogP contribution in [0.25, 0.3) is 0 Å². The van der Waals surface area contributed by atoms with Gasteiger partial charge >= 0.3 is 0 Å². The van der Waals surface area contributed by atoms with Crippen LogP contribution in [-0.2, 0) is 4.79 Å². The highest BCUT2D eigenvalue weighted by Crippen LogP contribution is 2.26. The molecular formula is C9H6INO2S. The first kappa shape index (κ1) is 9.97. The third-order valence-electron chi connectivity index (χ3n) is 1.84. The number of imide groups is 1. The highest BCUT2D eigenvalue weighted by molar-refractivity contribution is 14.1. The maximum Gasteiger partial charge on any atom is 0.293 e. The monoisotopic (exact) mass is 319 g/mol. The molecule has 0 aliphatic carbocycles. The molecule has 72 valence electrons. The molecule has 1 aromatic carbocycles. The van der Waals surface area contributed by atoms with Gasteiger partial charge in [-0.2, -0.15) is 0 Å². The summed E-state index contributed by atoms with van der Waals surface area (Å²) in [6.45, 7) is 0. The van der Waals surface area contributed by atoms with E-state index >= 15 is 0 Å². The van der Waals surface area contributed by atoms with Crippen molar-refractivity contribution < 1.29 is 9.59 Å². The van der Waals surface area contributed by atoms with Crippen LogP contribution in [0, 0.1) is 3.57 Å². The smallest absolute Gasteiger partial charge is 0.273 e. The Bertz CT molecular complexity index is 374. The Morgan fingerprint density at radius 2 is 1.86 bits per heavy atom. The third kappa shape index (κ3) is 1.78. The lowest BCUT2D eigenvalue weighted by Crippen LogP contribution is -2.27. The summed E-state index contributed by atoms with van der Waals surface area (Å²) in [4.78, 5) is 23.9. The fourth-order valence-electron chi connectivity index (χ4n) is 1.19. The highest BCUT2D eigenvalue weighted by Gasteiger charge is 2.30. The lowest BCUT2D eigenvalue weighted by atomic mass is 10.3. The Balaban J connectivity index is 2.34. The first-order chi connectivity index (χ1) is 6.68. The van der Waals surface area contributed by atoms with E-state index in [1.54, 1.807) is 12.1 Å². The van der Waals surface area contributed by atoms with Crippen molar-refractivity contribution in [1.29, 1.82) is 0 Å². The van der Waals surface area contributed by atoms with E-state index in [-0.39, 0.29) is 16.9 Å². The molecule has 14 heavy (non-hydrogen) atoms. The third-order valence-corrected chi connectivity index (χ3v) is 3.38. The second kappa shape index (κ2) is 3.90. The molecule has 0 bridgehead atoms. The number of nitrogens with zero attached hydrogens (tertiary/aromatic N) is 1. The predicted molar refractivity (Wildman–Crippen MR) is 64.5 cm³/mol. The number of benzene rings is 1. The molecule has 1 aliphatic heterocycles. The SMILES string of the molecule is O=C1CSC(=O)N1c1ccc(I)cc1. The molecule has 1 aliphatic rings. The summed E-state index contributed by atoms with van der Waals surface area (Å²) in [5, 5.41) is -0.184. The zero-order chi connectivity index (χ0) is 10.1. The van der Waals surface area contributed by atoms with Crippen molar-refractivity contribution in [2.75, 3.05) is 10.7 Å². The summed E-state index contributed by atoms with van der Waals surface area (Å²) in [5.41, 5.74) is 0.658. The fraction of sp³-hybridized carbons (Fsp3) is 0.111. The topological polar surface area (TPSA) is 37.4 Å². The lowest BCUT2D eigenvalue weighted by Gasteiger charge is -2.12. The Morgan fingerprint density at radius 3 is 2.36 bits per heavy atom. The normalized spacial score (nSPS) is 16.5. The van der Waals surface area contributed by atoms with Crippen molar-refractivity contribution >= 4 is 51.2 Å². The highest BCUT2D eigenvalue weighted by atomic mass is 127. The van der Waals surface area contributed by atoms with Gasteiger partial charge < -0.3 is 0 Å². The van der Waals surface area contributed by atoms with E-state index in [2.05, 4.69) is 22.6 Å². The van der Waals surface area contributed by atoms with E-state index in [1.807, 2.05) is 12.1 Å². The van der Waals surface area contributed by atoms with Crippen LogP contribution in [0.2, 0.25) is 0 Å². The zero-order valence-corrected chi connectivity index (χ0v) is 10.0. The van der Waals surface area contributed by atoms with Crippen molar-refractivity contribution in [2.45, 2.75) is 0 Å². The molecule has 1 aromatic rings. The Kier molecular flexibility index (Phi) is 2.78. The second-order valence-corrected chi connectivity index (χ2v) is 4.93. The quantitative estimate of drug-likeness (QED) is 0.747. The molecule has 2 rings (SSSR count). The van der Waals surface area contributed by atoms with Crippen LogP contribution in [-0.4, -0.2) is 16.9 Å². The number of thioether (sulfide) groups is 1. The van der Waals surface area contributed by atoms with Crippen molar-refractivity contribution in [3.05, 3.63) is 27.8 Å². The van der Waals surface area contributed by atoms with Crippen LogP contribution in [0.15, 0.2) is 24.3 Å². The predicted octanol–water partition coefficient (Wildman–Crippen LogP) is 2.49. The summed E-state index contributed by atoms with van der Waals surface area (Å²) >= 11 is 3.22. The summed E-state index contributed by atoms with van der Waals surface area (Å²) in [6, 6.07) is 7.31. The molecule has 0 atom stereocenters. The molecule has 0 unspecified atom stereocenters. The van der Waals surface area contributed by atoms with E-state index in [0.717, 1.165) is 15.3 Å². The molecule has 0 N–H and O–H groups in total. The number of carbonyl (C=O) groups excluding carboxylic acids is 2. The molecule has 1 heterocycles. The molecule has 0 radical (unpaired) electrons. The van der Waals surface area contributed by atoms with Crippen LogP contribution >= 0.6 is 34.4 Å². The molecule has 0 aromatic heterocycles. The number of amides is 2. The standard InChI is InChI=1S/C9H6INO2S/c10-6-1-3-7(4-2-6)11-8(12)5-14-9(11)13/h1-4H,5H2. The number of halogens is 1. The first-order valence-corrected chi connectivity index (χ1v) is 6.00. The minimum Gasteiger partial charge on any atom is -0.273 e. The van der Waals surface area contributed by atoms with Gasteiger partial charge in [-0.25, -0.2) is 4.90 Å². The minimum atomic E-state index is -0.184. The minimum absolute atomic E-state index is 0.138. The molecule has 2 amide bonds. The van der Waals surface area contributed by atoms with E-state index in [9.17, 15) is 9.59 Å². The number of hydrogen-bond donors (Lipinski definition) is 0. The Morgan fingerprint density at radius 1 is 1.21 bits per heavy atom. The van der Waals surface area contributed by atoms with Crippen molar-refractivity contribution in [1.82, 2.24) is 0 Å². The molecular weight excluding hydrogens is 313 g/mol. The van der Waals surface area contributed by atoms with Crippen molar-refractivity contribution in [3.63, 3.8) is 0 Å². The number of carbonyl (C=O) groups is 2. The van der Waals surface area contributed by atoms with Gasteiger partial charge in [0.05, 0.1) is 11.4 Å². The maximum atomic E-state index is 11.4. The fourth-order valence-corrected chi connectivity index (χ4v) is 2.27. The summed E-state index contributed by atoms with van der Waals surface area (Å²) in [5.74, 6) is 0.117. The van der Waals surface area contributed by atoms with E-state index in [1.165, 1.54) is 4.90 Å². The van der Waals surface area contributed by atoms with Gasteiger partial charge in [-0.15, -0.1) is 0 Å². The van der Waals surface area contributed by atoms with Crippen LogP contribution in [0.5, 0.6) is 0 Å². The van der Waals surface area contributed by atoms with Gasteiger partial charge in [-0.1, -0.05) is 11.8 Å². The first-order valence-electron chi connectivity index (χ1n) is 3.94. The number of anilines is 1. The Labute approximate surface area is 99.0 Å². The molecule has 0 spiro atoms. The average Bonchev–Trinajstić information content (AvgIpc) is 2.49. The summed E-state index contributed by atoms with van der Waals surface area (Å²) in [7, 11) is 0. The average molecular weight is 319 g/mol. The van der Waals surface area contributed by atoms with Crippen LogP contribution < -0.4 is 4.90 Å². The van der Waals surface area contributed by atoms with Gasteiger partial charge in [-0.05, 0) is 46.9 Å². The van der Waals surface area contributed by atoms with Crippen LogP contribution in [0.3, 0.4) is 0 Å². The molecule has 1 fully saturated rings. The molecule has 3 nitrogen and oxygen atoms in total. The largest absolute Gasteiger partial charge is 0.293 e. The molecule has 0 saturated carbocycles. The summed E-state index contributed by atoms with van der Waals surface area (Å²) < 4.78 is 1.08. The van der Waals surface area contributed by atoms with E-state index in [4.69, 9.17) is 0 Å². The number of rotatable bonds is 1. The van der Waals surface area contributed by atoms with Gasteiger partial charge in [0.1, 0.15) is 0 Å². The summed E-state index contributed by atoms with van der Waals surface area (Å²) in [6.07, 6.45) is 0. The van der Waals surface area contributed by atoms with Gasteiger partial charge in [0, 0.05) is 3.57 Å².